The number of halogens is 1. The highest BCUT2D eigenvalue weighted by atomic mass is 35.5. The summed E-state index contributed by atoms with van der Waals surface area (Å²) in [6.45, 7) is 3.61. The second-order valence-electron chi connectivity index (χ2n) is 6.48. The van der Waals surface area contributed by atoms with Crippen LogP contribution in [0, 0.1) is 11.8 Å². The van der Waals surface area contributed by atoms with Crippen molar-refractivity contribution < 1.29 is 9.59 Å². The second-order valence-corrected chi connectivity index (χ2v) is 6.92. The molecule has 0 spiro atoms. The van der Waals surface area contributed by atoms with Crippen molar-refractivity contribution in [3.8, 4) is 0 Å². The van der Waals surface area contributed by atoms with Gasteiger partial charge in [-0.3, -0.25) is 4.79 Å². The van der Waals surface area contributed by atoms with Crippen LogP contribution in [0.5, 0.6) is 0 Å². The number of carbonyl (C=O) groups excluding carboxylic acids is 2. The van der Waals surface area contributed by atoms with Gasteiger partial charge in [-0.1, -0.05) is 30.7 Å². The number of urea groups is 1. The summed E-state index contributed by atoms with van der Waals surface area (Å²) in [6, 6.07) is 7.46. The Morgan fingerprint density at radius 2 is 2.13 bits per heavy atom. The van der Waals surface area contributed by atoms with Gasteiger partial charge in [0.2, 0.25) is 5.91 Å². The molecule has 1 heterocycles. The van der Waals surface area contributed by atoms with Gasteiger partial charge < -0.3 is 15.5 Å². The van der Waals surface area contributed by atoms with Crippen molar-refractivity contribution in [2.45, 2.75) is 25.8 Å². The number of rotatable bonds is 5. The van der Waals surface area contributed by atoms with Crippen molar-refractivity contribution in [2.75, 3.05) is 19.6 Å². The predicted molar refractivity (Wildman–Crippen MR) is 89.2 cm³/mol. The number of hydrogen-bond donors (Lipinski definition) is 2. The van der Waals surface area contributed by atoms with Crippen LogP contribution in [0.25, 0.3) is 0 Å². The van der Waals surface area contributed by atoms with Crippen LogP contribution in [0.15, 0.2) is 24.3 Å². The Balaban J connectivity index is 1.65. The van der Waals surface area contributed by atoms with Crippen LogP contribution < -0.4 is 10.6 Å². The normalized spacial score (nSPS) is 24.8. The van der Waals surface area contributed by atoms with Gasteiger partial charge in [-0.15, -0.1) is 0 Å². The van der Waals surface area contributed by atoms with Crippen molar-refractivity contribution in [3.63, 3.8) is 0 Å². The molecule has 0 unspecified atom stereocenters. The molecule has 2 aliphatic rings. The summed E-state index contributed by atoms with van der Waals surface area (Å²) in [6.07, 6.45) is 1.98. The Morgan fingerprint density at radius 1 is 1.43 bits per heavy atom. The van der Waals surface area contributed by atoms with E-state index in [9.17, 15) is 9.59 Å². The Hall–Kier alpha value is -1.75. The molecule has 2 N–H and O–H groups in total. The average Bonchev–Trinajstić information content (AvgIpc) is 3.25. The summed E-state index contributed by atoms with van der Waals surface area (Å²) in [4.78, 5) is 25.7. The fourth-order valence-corrected chi connectivity index (χ4v) is 3.27. The van der Waals surface area contributed by atoms with Gasteiger partial charge in [-0.2, -0.15) is 0 Å². The number of nitrogens with one attached hydrogen (secondary N) is 2. The van der Waals surface area contributed by atoms with E-state index in [-0.39, 0.29) is 24.5 Å². The standard InChI is InChI=1S/C17H22ClN3O2/c1-11-9-14(11)16(12-3-5-13(18)6-4-12)20-15(22)10-21-8-2-7-19-17(21)23/h3-6,11,14,16H,2,7-10H2,1H3,(H,19,23)(H,20,22)/t11-,14+,16+/m1/s1. The minimum absolute atomic E-state index is 0.0115. The van der Waals surface area contributed by atoms with E-state index in [0.29, 0.717) is 29.9 Å². The predicted octanol–water partition coefficient (Wildman–Crippen LogP) is 2.57. The lowest BCUT2D eigenvalue weighted by Gasteiger charge is -2.28. The second kappa shape index (κ2) is 6.79. The Kier molecular flexibility index (Phi) is 4.76. The van der Waals surface area contributed by atoms with Crippen LogP contribution in [0.3, 0.4) is 0 Å². The highest BCUT2D eigenvalue weighted by molar-refractivity contribution is 6.30. The van der Waals surface area contributed by atoms with Crippen LogP contribution in [-0.4, -0.2) is 36.5 Å². The smallest absolute Gasteiger partial charge is 0.317 e. The molecule has 1 aliphatic carbocycles. The maximum absolute atomic E-state index is 12.4. The first-order chi connectivity index (χ1) is 11.0. The molecule has 6 heteroatoms. The minimum Gasteiger partial charge on any atom is -0.347 e. The molecular formula is C17H22ClN3O2. The first-order valence-corrected chi connectivity index (χ1v) is 8.50. The van der Waals surface area contributed by atoms with Crippen molar-refractivity contribution in [3.05, 3.63) is 34.9 Å². The third-order valence-electron chi connectivity index (χ3n) is 4.65. The van der Waals surface area contributed by atoms with Crippen molar-refractivity contribution in [1.82, 2.24) is 15.5 Å². The minimum atomic E-state index is -0.158. The van der Waals surface area contributed by atoms with Gasteiger partial charge in [0.05, 0.1) is 6.04 Å². The van der Waals surface area contributed by atoms with E-state index >= 15 is 0 Å². The number of amides is 3. The zero-order valence-corrected chi connectivity index (χ0v) is 14.0. The molecule has 3 rings (SSSR count). The average molecular weight is 336 g/mol. The molecule has 3 atom stereocenters. The molecule has 3 amide bonds. The summed E-state index contributed by atoms with van der Waals surface area (Å²) in [5.74, 6) is 0.950. The molecule has 0 radical (unpaired) electrons. The first-order valence-electron chi connectivity index (χ1n) is 8.12. The molecule has 1 saturated heterocycles. The number of benzene rings is 1. The summed E-state index contributed by atoms with van der Waals surface area (Å²) in [7, 11) is 0. The SMILES string of the molecule is C[C@@H]1C[C@@H]1[C@@H](NC(=O)CN1CCCNC1=O)c1ccc(Cl)cc1. The van der Waals surface area contributed by atoms with E-state index in [1.54, 1.807) is 4.90 Å². The largest absolute Gasteiger partial charge is 0.347 e. The maximum Gasteiger partial charge on any atom is 0.317 e. The summed E-state index contributed by atoms with van der Waals surface area (Å²) in [5.41, 5.74) is 1.07. The van der Waals surface area contributed by atoms with Crippen LogP contribution in [0.2, 0.25) is 5.02 Å². The molecule has 5 nitrogen and oxygen atoms in total. The highest BCUT2D eigenvalue weighted by Crippen LogP contribution is 2.47. The quantitative estimate of drug-likeness (QED) is 0.868. The molecule has 124 valence electrons. The zero-order chi connectivity index (χ0) is 16.4. The Bertz CT molecular complexity index is 590. The molecule has 1 aliphatic heterocycles. The monoisotopic (exact) mass is 335 g/mol. The van der Waals surface area contributed by atoms with E-state index in [0.717, 1.165) is 18.4 Å². The molecular weight excluding hydrogens is 314 g/mol. The molecule has 23 heavy (non-hydrogen) atoms. The summed E-state index contributed by atoms with van der Waals surface area (Å²) < 4.78 is 0. The fourth-order valence-electron chi connectivity index (χ4n) is 3.14. The topological polar surface area (TPSA) is 61.4 Å². The molecule has 1 saturated carbocycles. The van der Waals surface area contributed by atoms with Gasteiger partial charge in [0.25, 0.3) is 0 Å². The third-order valence-corrected chi connectivity index (χ3v) is 4.90. The van der Waals surface area contributed by atoms with Crippen molar-refractivity contribution >= 4 is 23.5 Å². The number of hydrogen-bond acceptors (Lipinski definition) is 2. The zero-order valence-electron chi connectivity index (χ0n) is 13.2. The molecule has 0 aromatic heterocycles. The van der Waals surface area contributed by atoms with Gasteiger partial charge in [-0.25, -0.2) is 4.79 Å². The molecule has 1 aromatic rings. The lowest BCUT2D eigenvalue weighted by Crippen LogP contribution is -2.50. The summed E-state index contributed by atoms with van der Waals surface area (Å²) >= 11 is 5.95. The molecule has 0 bridgehead atoms. The first kappa shape index (κ1) is 16.1. The Morgan fingerprint density at radius 3 is 2.74 bits per heavy atom. The van der Waals surface area contributed by atoms with Crippen LogP contribution in [0.4, 0.5) is 4.79 Å². The van der Waals surface area contributed by atoms with E-state index in [2.05, 4.69) is 17.6 Å². The molecule has 1 aromatic carbocycles. The van der Waals surface area contributed by atoms with Gasteiger partial charge in [0.1, 0.15) is 6.54 Å². The van der Waals surface area contributed by atoms with Gasteiger partial charge in [0.15, 0.2) is 0 Å². The Labute approximate surface area is 141 Å². The van der Waals surface area contributed by atoms with E-state index < -0.39 is 0 Å². The molecule has 2 fully saturated rings. The van der Waals surface area contributed by atoms with Gasteiger partial charge in [-0.05, 0) is 42.4 Å². The number of carbonyl (C=O) groups is 2. The van der Waals surface area contributed by atoms with Crippen molar-refractivity contribution in [1.29, 1.82) is 0 Å². The van der Waals surface area contributed by atoms with Gasteiger partial charge in [0, 0.05) is 18.1 Å². The number of nitrogens with zero attached hydrogens (tertiary/aromatic N) is 1. The lowest BCUT2D eigenvalue weighted by molar-refractivity contribution is -0.122. The van der Waals surface area contributed by atoms with Crippen LogP contribution in [-0.2, 0) is 4.79 Å². The van der Waals surface area contributed by atoms with Crippen LogP contribution in [0.1, 0.15) is 31.4 Å². The maximum atomic E-state index is 12.4. The summed E-state index contributed by atoms with van der Waals surface area (Å²) in [5, 5.41) is 6.56. The van der Waals surface area contributed by atoms with E-state index in [4.69, 9.17) is 11.6 Å². The highest BCUT2D eigenvalue weighted by Gasteiger charge is 2.41. The van der Waals surface area contributed by atoms with Gasteiger partial charge >= 0.3 is 6.03 Å². The van der Waals surface area contributed by atoms with E-state index in [1.165, 1.54) is 0 Å². The third kappa shape index (κ3) is 3.96. The van der Waals surface area contributed by atoms with Crippen molar-refractivity contribution in [2.24, 2.45) is 11.8 Å². The van der Waals surface area contributed by atoms with E-state index in [1.807, 2.05) is 24.3 Å². The lowest BCUT2D eigenvalue weighted by atomic mass is 10.0. The fraction of sp³-hybridized carbons (Fsp3) is 0.529. The van der Waals surface area contributed by atoms with Crippen LogP contribution >= 0.6 is 11.6 Å².